The SMILES string of the molecule is Cc1ccc(-c2csc3ncn(CC(=O)N[C@@H](c4cccs4)C(C)C)c(=O)c23)cc1. The van der Waals surface area contributed by atoms with Crippen molar-refractivity contribution in [1.29, 1.82) is 0 Å². The van der Waals surface area contributed by atoms with Crippen molar-refractivity contribution in [2.24, 2.45) is 5.92 Å². The largest absolute Gasteiger partial charge is 0.347 e. The second-order valence-corrected chi connectivity index (χ2v) is 9.52. The summed E-state index contributed by atoms with van der Waals surface area (Å²) < 4.78 is 1.40. The summed E-state index contributed by atoms with van der Waals surface area (Å²) in [7, 11) is 0. The van der Waals surface area contributed by atoms with Crippen LogP contribution < -0.4 is 10.9 Å². The Hall–Kier alpha value is -2.77. The van der Waals surface area contributed by atoms with Gasteiger partial charge in [-0.2, -0.15) is 0 Å². The van der Waals surface area contributed by atoms with E-state index in [0.717, 1.165) is 21.6 Å². The van der Waals surface area contributed by atoms with E-state index in [1.54, 1.807) is 11.3 Å². The van der Waals surface area contributed by atoms with Crippen molar-refractivity contribution in [2.75, 3.05) is 0 Å². The van der Waals surface area contributed by atoms with Crippen LogP contribution in [0.5, 0.6) is 0 Å². The monoisotopic (exact) mass is 437 g/mol. The van der Waals surface area contributed by atoms with Crippen LogP contribution >= 0.6 is 22.7 Å². The molecule has 0 unspecified atom stereocenters. The second-order valence-electron chi connectivity index (χ2n) is 7.68. The van der Waals surface area contributed by atoms with Gasteiger partial charge in [0.2, 0.25) is 5.91 Å². The number of aromatic nitrogens is 2. The van der Waals surface area contributed by atoms with Crippen molar-refractivity contribution in [2.45, 2.75) is 33.4 Å². The van der Waals surface area contributed by atoms with Crippen molar-refractivity contribution >= 4 is 38.8 Å². The molecule has 0 fully saturated rings. The number of carbonyl (C=O) groups is 1. The first-order chi connectivity index (χ1) is 14.4. The number of amides is 1. The summed E-state index contributed by atoms with van der Waals surface area (Å²) in [4.78, 5) is 32.2. The molecule has 154 valence electrons. The Morgan fingerprint density at radius 3 is 2.60 bits per heavy atom. The first-order valence-electron chi connectivity index (χ1n) is 9.80. The molecular formula is C23H23N3O2S2. The number of rotatable bonds is 6. The first-order valence-corrected chi connectivity index (χ1v) is 11.6. The zero-order chi connectivity index (χ0) is 21.3. The third kappa shape index (κ3) is 4.08. The Morgan fingerprint density at radius 1 is 1.17 bits per heavy atom. The molecule has 3 aromatic heterocycles. The van der Waals surface area contributed by atoms with Gasteiger partial charge in [0.15, 0.2) is 0 Å². The normalized spacial score (nSPS) is 12.4. The van der Waals surface area contributed by atoms with E-state index in [1.807, 2.05) is 54.1 Å². The molecule has 30 heavy (non-hydrogen) atoms. The fraction of sp³-hybridized carbons (Fsp3) is 0.261. The average molecular weight is 438 g/mol. The number of hydrogen-bond donors (Lipinski definition) is 1. The highest BCUT2D eigenvalue weighted by Crippen LogP contribution is 2.30. The molecule has 0 spiro atoms. The molecule has 0 saturated heterocycles. The van der Waals surface area contributed by atoms with Gasteiger partial charge in [0.05, 0.1) is 17.8 Å². The molecule has 5 nitrogen and oxygen atoms in total. The number of hydrogen-bond acceptors (Lipinski definition) is 5. The van der Waals surface area contributed by atoms with Crippen LogP contribution in [0.1, 0.15) is 30.3 Å². The lowest BCUT2D eigenvalue weighted by Gasteiger charge is -2.21. The maximum Gasteiger partial charge on any atom is 0.263 e. The fourth-order valence-electron chi connectivity index (χ4n) is 3.43. The highest BCUT2D eigenvalue weighted by Gasteiger charge is 2.20. The van der Waals surface area contributed by atoms with Gasteiger partial charge in [-0.1, -0.05) is 49.7 Å². The summed E-state index contributed by atoms with van der Waals surface area (Å²) in [6.45, 7) is 6.12. The third-order valence-corrected chi connectivity index (χ3v) is 6.91. The van der Waals surface area contributed by atoms with Crippen LogP contribution in [0, 0.1) is 12.8 Å². The molecule has 1 N–H and O–H groups in total. The molecule has 1 aromatic carbocycles. The number of nitrogens with one attached hydrogen (secondary N) is 1. The van der Waals surface area contributed by atoms with E-state index in [4.69, 9.17) is 0 Å². The smallest absolute Gasteiger partial charge is 0.263 e. The standard InChI is InChI=1S/C23H23N3O2S2/c1-14(2)21(18-5-4-10-29-18)25-19(27)11-26-13-24-22-20(23(26)28)17(12-30-22)16-8-6-15(3)7-9-16/h4-10,12-14,21H,11H2,1-3H3,(H,25,27)/t21-/m1/s1. The first kappa shape index (κ1) is 20.5. The Labute approximate surface area is 183 Å². The van der Waals surface area contributed by atoms with Crippen LogP contribution in [0.2, 0.25) is 0 Å². The number of carbonyl (C=O) groups excluding carboxylic acids is 1. The van der Waals surface area contributed by atoms with E-state index in [2.05, 4.69) is 24.1 Å². The van der Waals surface area contributed by atoms with Gasteiger partial charge in [-0.25, -0.2) is 4.98 Å². The van der Waals surface area contributed by atoms with Crippen LogP contribution in [0.4, 0.5) is 0 Å². The minimum atomic E-state index is -0.197. The Balaban J connectivity index is 1.62. The van der Waals surface area contributed by atoms with E-state index < -0.39 is 0 Å². The molecule has 0 aliphatic heterocycles. The van der Waals surface area contributed by atoms with Gasteiger partial charge in [0.25, 0.3) is 5.56 Å². The van der Waals surface area contributed by atoms with Crippen LogP contribution in [-0.4, -0.2) is 15.5 Å². The van der Waals surface area contributed by atoms with E-state index in [9.17, 15) is 9.59 Å². The highest BCUT2D eigenvalue weighted by molar-refractivity contribution is 7.17. The molecule has 0 bridgehead atoms. The molecule has 1 amide bonds. The van der Waals surface area contributed by atoms with Gasteiger partial charge in [0, 0.05) is 15.8 Å². The van der Waals surface area contributed by atoms with Crippen molar-refractivity contribution < 1.29 is 4.79 Å². The summed E-state index contributed by atoms with van der Waals surface area (Å²) in [5.41, 5.74) is 2.81. The summed E-state index contributed by atoms with van der Waals surface area (Å²) in [6, 6.07) is 12.0. The fourth-order valence-corrected chi connectivity index (χ4v) is 5.29. The number of fused-ring (bicyclic) bond motifs is 1. The number of thiophene rings is 2. The Bertz CT molecular complexity index is 1220. The molecule has 7 heteroatoms. The van der Waals surface area contributed by atoms with Gasteiger partial charge in [-0.3, -0.25) is 14.2 Å². The lowest BCUT2D eigenvalue weighted by molar-refractivity contribution is -0.122. The lowest BCUT2D eigenvalue weighted by atomic mass is 10.0. The van der Waals surface area contributed by atoms with Crippen LogP contribution in [0.15, 0.2) is 58.3 Å². The molecule has 4 aromatic rings. The van der Waals surface area contributed by atoms with Crippen LogP contribution in [0.3, 0.4) is 0 Å². The van der Waals surface area contributed by atoms with E-state index in [1.165, 1.54) is 22.2 Å². The summed E-state index contributed by atoms with van der Waals surface area (Å²) in [6.07, 6.45) is 1.47. The van der Waals surface area contributed by atoms with E-state index in [0.29, 0.717) is 10.2 Å². The number of nitrogens with zero attached hydrogens (tertiary/aromatic N) is 2. The maximum atomic E-state index is 13.2. The summed E-state index contributed by atoms with van der Waals surface area (Å²) >= 11 is 3.06. The topological polar surface area (TPSA) is 64.0 Å². The number of aryl methyl sites for hydroxylation is 1. The maximum absolute atomic E-state index is 13.2. The van der Waals surface area contributed by atoms with Crippen molar-refractivity contribution in [3.8, 4) is 11.1 Å². The zero-order valence-corrected chi connectivity index (χ0v) is 18.7. The predicted molar refractivity (Wildman–Crippen MR) is 124 cm³/mol. The number of benzene rings is 1. The van der Waals surface area contributed by atoms with Gasteiger partial charge >= 0.3 is 0 Å². The van der Waals surface area contributed by atoms with Gasteiger partial charge in [-0.05, 0) is 29.9 Å². The molecule has 1 atom stereocenters. The molecule has 3 heterocycles. The lowest BCUT2D eigenvalue weighted by Crippen LogP contribution is -2.36. The quantitative estimate of drug-likeness (QED) is 0.461. The van der Waals surface area contributed by atoms with E-state index in [-0.39, 0.29) is 30.0 Å². The van der Waals surface area contributed by atoms with Crippen LogP contribution in [0.25, 0.3) is 21.3 Å². The summed E-state index contributed by atoms with van der Waals surface area (Å²) in [5.74, 6) is 0.0485. The van der Waals surface area contributed by atoms with Crippen LogP contribution in [-0.2, 0) is 11.3 Å². The van der Waals surface area contributed by atoms with Crippen molar-refractivity contribution in [3.63, 3.8) is 0 Å². The molecule has 4 rings (SSSR count). The zero-order valence-electron chi connectivity index (χ0n) is 17.1. The van der Waals surface area contributed by atoms with Gasteiger partial charge in [0.1, 0.15) is 11.4 Å². The molecule has 0 saturated carbocycles. The minimum Gasteiger partial charge on any atom is -0.347 e. The third-order valence-electron chi connectivity index (χ3n) is 5.07. The Kier molecular flexibility index (Phi) is 5.83. The van der Waals surface area contributed by atoms with E-state index >= 15 is 0 Å². The highest BCUT2D eigenvalue weighted by atomic mass is 32.1. The minimum absolute atomic E-state index is 0.0560. The average Bonchev–Trinajstić information content (AvgIpc) is 3.39. The molecule has 0 aliphatic carbocycles. The Morgan fingerprint density at radius 2 is 1.93 bits per heavy atom. The summed E-state index contributed by atoms with van der Waals surface area (Å²) in [5, 5.41) is 7.60. The molecular weight excluding hydrogens is 414 g/mol. The second kappa shape index (κ2) is 8.53. The van der Waals surface area contributed by atoms with Crippen molar-refractivity contribution in [1.82, 2.24) is 14.9 Å². The predicted octanol–water partition coefficient (Wildman–Crippen LogP) is 5.01. The van der Waals surface area contributed by atoms with Gasteiger partial charge < -0.3 is 5.32 Å². The molecule has 0 radical (unpaired) electrons. The van der Waals surface area contributed by atoms with Crippen molar-refractivity contribution in [3.05, 3.63) is 74.3 Å². The van der Waals surface area contributed by atoms with Gasteiger partial charge in [-0.15, -0.1) is 22.7 Å². The molecule has 0 aliphatic rings.